The third-order valence-electron chi connectivity index (χ3n) is 6.15. The molecule has 0 aliphatic carbocycles. The van der Waals surface area contributed by atoms with Crippen molar-refractivity contribution >= 4 is 44.4 Å². The fraction of sp³-hybridized carbons (Fsp3) is 0.222. The molecule has 5 rings (SSSR count). The number of rotatable bonds is 4. The van der Waals surface area contributed by atoms with Crippen LogP contribution in [0.2, 0.25) is 0 Å². The first-order valence-electron chi connectivity index (χ1n) is 11.2. The normalized spacial score (nSPS) is 14.4. The third-order valence-corrected chi connectivity index (χ3v) is 6.68. The summed E-state index contributed by atoms with van der Waals surface area (Å²) in [5.74, 6) is 0.801. The van der Waals surface area contributed by atoms with Crippen LogP contribution >= 0.6 is 15.9 Å². The molecule has 1 aliphatic heterocycles. The summed E-state index contributed by atoms with van der Waals surface area (Å²) in [4.78, 5) is 24.8. The van der Waals surface area contributed by atoms with E-state index in [1.165, 1.54) is 5.56 Å². The van der Waals surface area contributed by atoms with Gasteiger partial charge in [-0.05, 0) is 56.2 Å². The molecule has 5 nitrogen and oxygen atoms in total. The molecule has 1 saturated heterocycles. The Morgan fingerprint density at radius 1 is 0.970 bits per heavy atom. The number of carbonyl (C=O) groups excluding carboxylic acids is 1. The zero-order chi connectivity index (χ0) is 22.8. The lowest BCUT2D eigenvalue weighted by Gasteiger charge is -2.31. The highest BCUT2D eigenvalue weighted by atomic mass is 79.9. The number of nitrogens with one attached hydrogen (secondary N) is 1. The molecule has 0 spiro atoms. The molecule has 6 heteroatoms. The molecule has 1 amide bonds. The van der Waals surface area contributed by atoms with Crippen molar-refractivity contribution in [2.24, 2.45) is 5.92 Å². The number of hydrogen-bond donors (Lipinski definition) is 1. The molecule has 1 aliphatic rings. The summed E-state index contributed by atoms with van der Waals surface area (Å²) in [5, 5.41) is 4.11. The van der Waals surface area contributed by atoms with Gasteiger partial charge in [-0.2, -0.15) is 0 Å². The van der Waals surface area contributed by atoms with Crippen molar-refractivity contribution in [1.82, 2.24) is 9.97 Å². The first-order valence-corrected chi connectivity index (χ1v) is 12.0. The van der Waals surface area contributed by atoms with Gasteiger partial charge >= 0.3 is 0 Å². The molecule has 1 aromatic heterocycles. The second kappa shape index (κ2) is 9.32. The molecule has 0 atom stereocenters. The summed E-state index contributed by atoms with van der Waals surface area (Å²) in [7, 11) is 0. The van der Waals surface area contributed by atoms with Gasteiger partial charge in [0.25, 0.3) is 0 Å². The lowest BCUT2D eigenvalue weighted by Crippen LogP contribution is -2.39. The number of aromatic nitrogens is 2. The van der Waals surface area contributed by atoms with Gasteiger partial charge in [0.1, 0.15) is 0 Å². The van der Waals surface area contributed by atoms with Crippen molar-refractivity contribution in [2.75, 3.05) is 23.3 Å². The van der Waals surface area contributed by atoms with Gasteiger partial charge in [-0.3, -0.25) is 4.79 Å². The first-order chi connectivity index (χ1) is 16.1. The number of benzene rings is 3. The van der Waals surface area contributed by atoms with Crippen molar-refractivity contribution < 1.29 is 4.79 Å². The number of anilines is 2. The molecule has 0 radical (unpaired) electrons. The van der Waals surface area contributed by atoms with Crippen LogP contribution in [0.15, 0.2) is 77.3 Å². The fourth-order valence-corrected chi connectivity index (χ4v) is 4.57. The van der Waals surface area contributed by atoms with Crippen LogP contribution in [-0.2, 0) is 4.79 Å². The van der Waals surface area contributed by atoms with Crippen LogP contribution in [0.5, 0.6) is 0 Å². The standard InChI is InChI=1S/C27H25BrN4O/c1-18-7-12-24-23(17-18)25(19-5-3-2-4-6-19)31-27(30-24)32-15-13-20(14-16-32)26(33)29-22-10-8-21(28)9-11-22/h2-12,17,20H,13-16H2,1H3,(H,29,33). The number of halogens is 1. The zero-order valence-electron chi connectivity index (χ0n) is 18.5. The summed E-state index contributed by atoms with van der Waals surface area (Å²) in [6, 6.07) is 24.3. The van der Waals surface area contributed by atoms with E-state index in [0.717, 1.165) is 64.2 Å². The quantitative estimate of drug-likeness (QED) is 0.361. The number of fused-ring (bicyclic) bond motifs is 1. The minimum atomic E-state index is -0.0124. The third kappa shape index (κ3) is 4.76. The largest absolute Gasteiger partial charge is 0.341 e. The van der Waals surface area contributed by atoms with Gasteiger partial charge in [-0.25, -0.2) is 9.97 Å². The molecule has 0 saturated carbocycles. The maximum absolute atomic E-state index is 12.8. The number of nitrogens with zero attached hydrogens (tertiary/aromatic N) is 3. The van der Waals surface area contributed by atoms with E-state index in [0.29, 0.717) is 0 Å². The van der Waals surface area contributed by atoms with E-state index in [1.807, 2.05) is 42.5 Å². The molecule has 1 fully saturated rings. The van der Waals surface area contributed by atoms with Crippen LogP contribution in [0.25, 0.3) is 22.2 Å². The molecule has 4 aromatic rings. The van der Waals surface area contributed by atoms with Gasteiger partial charge < -0.3 is 10.2 Å². The maximum Gasteiger partial charge on any atom is 0.227 e. The number of hydrogen-bond acceptors (Lipinski definition) is 4. The molecule has 0 unspecified atom stereocenters. The minimum Gasteiger partial charge on any atom is -0.341 e. The van der Waals surface area contributed by atoms with Gasteiger partial charge in [0.15, 0.2) is 0 Å². The van der Waals surface area contributed by atoms with Crippen LogP contribution in [0.3, 0.4) is 0 Å². The Morgan fingerprint density at radius 3 is 2.42 bits per heavy atom. The van der Waals surface area contributed by atoms with E-state index >= 15 is 0 Å². The van der Waals surface area contributed by atoms with Crippen molar-refractivity contribution in [3.63, 3.8) is 0 Å². The van der Waals surface area contributed by atoms with Crippen molar-refractivity contribution in [3.8, 4) is 11.3 Å². The number of piperidine rings is 1. The van der Waals surface area contributed by atoms with Crippen LogP contribution in [0.1, 0.15) is 18.4 Å². The average molecular weight is 501 g/mol. The van der Waals surface area contributed by atoms with Gasteiger partial charge in [0.2, 0.25) is 11.9 Å². The predicted octanol–water partition coefficient (Wildman–Crippen LogP) is 6.22. The van der Waals surface area contributed by atoms with Crippen molar-refractivity contribution in [1.29, 1.82) is 0 Å². The van der Waals surface area contributed by atoms with Crippen LogP contribution < -0.4 is 10.2 Å². The highest BCUT2D eigenvalue weighted by Gasteiger charge is 2.27. The van der Waals surface area contributed by atoms with E-state index in [9.17, 15) is 4.79 Å². The monoisotopic (exact) mass is 500 g/mol. The van der Waals surface area contributed by atoms with Gasteiger partial charge in [0, 0.05) is 40.1 Å². The SMILES string of the molecule is Cc1ccc2nc(N3CCC(C(=O)Nc4ccc(Br)cc4)CC3)nc(-c3ccccc3)c2c1. The summed E-state index contributed by atoms with van der Waals surface area (Å²) in [6.45, 7) is 3.60. The van der Waals surface area contributed by atoms with E-state index < -0.39 is 0 Å². The van der Waals surface area contributed by atoms with Crippen LogP contribution in [0, 0.1) is 12.8 Å². The number of carbonyl (C=O) groups is 1. The second-order valence-corrected chi connectivity index (χ2v) is 9.43. The summed E-state index contributed by atoms with van der Waals surface area (Å²) in [5.41, 5.74) is 4.99. The molecule has 0 bridgehead atoms. The maximum atomic E-state index is 12.8. The first kappa shape index (κ1) is 21.6. The van der Waals surface area contributed by atoms with Crippen molar-refractivity contribution in [2.45, 2.75) is 19.8 Å². The lowest BCUT2D eigenvalue weighted by atomic mass is 9.96. The Labute approximate surface area is 202 Å². The van der Waals surface area contributed by atoms with E-state index in [4.69, 9.17) is 9.97 Å². The highest BCUT2D eigenvalue weighted by Crippen LogP contribution is 2.30. The van der Waals surface area contributed by atoms with Crippen molar-refractivity contribution in [3.05, 3.63) is 82.8 Å². The lowest BCUT2D eigenvalue weighted by molar-refractivity contribution is -0.120. The molecular formula is C27H25BrN4O. The predicted molar refractivity (Wildman–Crippen MR) is 137 cm³/mol. The molecule has 33 heavy (non-hydrogen) atoms. The van der Waals surface area contributed by atoms with E-state index in [2.05, 4.69) is 63.4 Å². The average Bonchev–Trinajstić information content (AvgIpc) is 2.85. The Balaban J connectivity index is 1.36. The smallest absolute Gasteiger partial charge is 0.227 e. The molecule has 3 aromatic carbocycles. The zero-order valence-corrected chi connectivity index (χ0v) is 20.0. The molecule has 2 heterocycles. The van der Waals surface area contributed by atoms with E-state index in [-0.39, 0.29) is 11.8 Å². The second-order valence-electron chi connectivity index (χ2n) is 8.52. The molecule has 166 valence electrons. The summed E-state index contributed by atoms with van der Waals surface area (Å²) >= 11 is 3.43. The molecular weight excluding hydrogens is 476 g/mol. The van der Waals surface area contributed by atoms with E-state index in [1.54, 1.807) is 0 Å². The Morgan fingerprint density at radius 2 is 1.70 bits per heavy atom. The molecule has 1 N–H and O–H groups in total. The van der Waals surface area contributed by atoms with Crippen LogP contribution in [-0.4, -0.2) is 29.0 Å². The van der Waals surface area contributed by atoms with Gasteiger partial charge in [0.05, 0.1) is 11.2 Å². The summed E-state index contributed by atoms with van der Waals surface area (Å²) in [6.07, 6.45) is 1.55. The highest BCUT2D eigenvalue weighted by molar-refractivity contribution is 9.10. The Hall–Kier alpha value is -3.25. The van der Waals surface area contributed by atoms with Gasteiger partial charge in [-0.15, -0.1) is 0 Å². The number of amides is 1. The topological polar surface area (TPSA) is 58.1 Å². The fourth-order valence-electron chi connectivity index (χ4n) is 4.31. The Kier molecular flexibility index (Phi) is 6.09. The minimum absolute atomic E-state index is 0.0124. The van der Waals surface area contributed by atoms with Crippen LogP contribution in [0.4, 0.5) is 11.6 Å². The van der Waals surface area contributed by atoms with Gasteiger partial charge in [-0.1, -0.05) is 57.9 Å². The number of aryl methyl sites for hydroxylation is 1. The summed E-state index contributed by atoms with van der Waals surface area (Å²) < 4.78 is 0.995. The Bertz CT molecular complexity index is 1280.